The van der Waals surface area contributed by atoms with E-state index in [0.717, 1.165) is 0 Å². The maximum absolute atomic E-state index is 8.03. The van der Waals surface area contributed by atoms with Crippen molar-refractivity contribution in [3.63, 3.8) is 0 Å². The fourth-order valence-electron chi connectivity index (χ4n) is 0.123. The number of aliphatic imine (C=N–C) groups is 1. The van der Waals surface area contributed by atoms with Gasteiger partial charge in [-0.15, -0.1) is 0 Å². The van der Waals surface area contributed by atoms with Crippen LogP contribution in [0.3, 0.4) is 0 Å². The van der Waals surface area contributed by atoms with Crippen LogP contribution in [0.2, 0.25) is 0 Å². The van der Waals surface area contributed by atoms with E-state index in [1.807, 2.05) is 0 Å². The number of nitrogens with two attached hydrogens (primary N) is 2. The molecule has 0 aliphatic carbocycles. The standard InChI is InChI=1S/C2H5N5.2ClH.Pt/c3-1(4)7-2(5)6;;;/h(H5-2,3,4,5,6,7);2*1H;/q-2;;;+4/p-2. The summed E-state index contributed by atoms with van der Waals surface area (Å²) >= 11 is -0.472. The Hall–Kier alpha value is 0.00831. The topological polar surface area (TPSA) is 110 Å². The third kappa shape index (κ3) is 24.5. The van der Waals surface area contributed by atoms with Crippen LogP contribution in [0.1, 0.15) is 0 Å². The van der Waals surface area contributed by atoms with Gasteiger partial charge in [0.15, 0.2) is 0 Å². The van der Waals surface area contributed by atoms with Gasteiger partial charge in [0.1, 0.15) is 0 Å². The third-order valence-electron chi connectivity index (χ3n) is 0.235. The van der Waals surface area contributed by atoms with E-state index in [-0.39, 0.29) is 0 Å². The number of nitrogens with zero attached hydrogens (tertiary/aromatic N) is 2. The van der Waals surface area contributed by atoms with Crippen molar-refractivity contribution in [3.8, 4) is 0 Å². The van der Waals surface area contributed by atoms with Gasteiger partial charge in [-0.2, -0.15) is 0 Å². The molecule has 0 unspecified atom stereocenters. The summed E-state index contributed by atoms with van der Waals surface area (Å²) in [7, 11) is 9.75. The minimum atomic E-state index is -0.687. The second-order valence-electron chi connectivity index (χ2n) is 0.900. The van der Waals surface area contributed by atoms with Crippen LogP contribution in [-0.2, 0) is 16.5 Å². The van der Waals surface area contributed by atoms with Crippen molar-refractivity contribution in [1.82, 2.24) is 0 Å². The predicted octanol–water partition coefficient (Wildman–Crippen LogP) is 0.614. The Morgan fingerprint density at radius 2 is 1.80 bits per heavy atom. The SMILES string of the molecule is [Cl][Pt+2][Cl].[N-]=C(N)/N=C(\[NH-])N. The van der Waals surface area contributed by atoms with E-state index in [9.17, 15) is 0 Å². The summed E-state index contributed by atoms with van der Waals surface area (Å²) < 4.78 is 0. The van der Waals surface area contributed by atoms with Gasteiger partial charge >= 0.3 is 35.3 Å². The molecule has 0 heterocycles. The van der Waals surface area contributed by atoms with E-state index < -0.39 is 28.4 Å². The molecule has 0 aromatic heterocycles. The van der Waals surface area contributed by atoms with Crippen molar-refractivity contribution in [2.45, 2.75) is 0 Å². The smallest absolute Gasteiger partial charge is 0.0155 e. The monoisotopic (exact) mass is 364 g/mol. The molecule has 0 bridgehead atoms. The molecule has 0 fully saturated rings. The van der Waals surface area contributed by atoms with Gasteiger partial charge in [-0.3, -0.25) is 0 Å². The van der Waals surface area contributed by atoms with Crippen LogP contribution in [0.25, 0.3) is 11.1 Å². The molecule has 0 aliphatic heterocycles. The van der Waals surface area contributed by atoms with Crippen molar-refractivity contribution in [1.29, 1.82) is 0 Å². The molecule has 5 nitrogen and oxygen atoms in total. The zero-order valence-corrected chi connectivity index (χ0v) is 8.41. The Morgan fingerprint density at radius 1 is 1.50 bits per heavy atom. The third-order valence-corrected chi connectivity index (χ3v) is 0.235. The van der Waals surface area contributed by atoms with Gasteiger partial charge in [0, 0.05) is 11.9 Å². The van der Waals surface area contributed by atoms with Crippen LogP contribution < -0.4 is 11.5 Å². The number of guanidine groups is 2. The number of nitrogens with one attached hydrogen (secondary N) is 1. The first-order chi connectivity index (χ1) is 4.54. The van der Waals surface area contributed by atoms with Crippen LogP contribution in [0.5, 0.6) is 0 Å². The van der Waals surface area contributed by atoms with E-state index in [2.05, 4.69) is 16.5 Å². The van der Waals surface area contributed by atoms with Crippen molar-refractivity contribution >= 4 is 30.8 Å². The van der Waals surface area contributed by atoms with Crippen LogP contribution >= 0.6 is 18.8 Å². The molecule has 62 valence electrons. The summed E-state index contributed by atoms with van der Waals surface area (Å²) in [4.78, 5) is 2.89. The Bertz CT molecular complexity index is 121. The van der Waals surface area contributed by atoms with Gasteiger partial charge in [-0.25, -0.2) is 0 Å². The average Bonchev–Trinajstić information content (AvgIpc) is 1.62. The van der Waals surface area contributed by atoms with Gasteiger partial charge in [-0.05, 0) is 0 Å². The second-order valence-corrected chi connectivity index (χ2v) is 4.18. The van der Waals surface area contributed by atoms with Crippen molar-refractivity contribution in [2.75, 3.05) is 0 Å². The van der Waals surface area contributed by atoms with Crippen LogP contribution in [-0.4, -0.2) is 11.9 Å². The van der Waals surface area contributed by atoms with Crippen LogP contribution in [0.15, 0.2) is 4.99 Å². The van der Waals surface area contributed by atoms with Crippen molar-refractivity contribution in [3.05, 3.63) is 11.1 Å². The number of halogens is 2. The maximum Gasteiger partial charge on any atom is 0.0155 e. The molecule has 5 N–H and O–H groups in total. The summed E-state index contributed by atoms with van der Waals surface area (Å²) in [5.74, 6) is -1.19. The Balaban J connectivity index is 0. The molecule has 0 spiro atoms. The van der Waals surface area contributed by atoms with Gasteiger partial charge in [0.25, 0.3) is 0 Å². The molecule has 0 saturated carbocycles. The second kappa shape index (κ2) is 9.01. The van der Waals surface area contributed by atoms with Gasteiger partial charge in [0.2, 0.25) is 0 Å². The van der Waals surface area contributed by atoms with E-state index in [4.69, 9.17) is 30.0 Å². The summed E-state index contributed by atoms with van der Waals surface area (Å²) in [6, 6.07) is 0. The zero-order chi connectivity index (χ0) is 8.57. The predicted molar refractivity (Wildman–Crippen MR) is 40.2 cm³/mol. The molecule has 0 amide bonds. The minimum Gasteiger partial charge on any atom is -0.454 e. The average molecular weight is 365 g/mol. The van der Waals surface area contributed by atoms with E-state index in [0.29, 0.717) is 0 Å². The molecule has 0 radical (unpaired) electrons. The van der Waals surface area contributed by atoms with E-state index in [1.165, 1.54) is 0 Å². The number of hydrogen-bond acceptors (Lipinski definition) is 0. The quantitative estimate of drug-likeness (QED) is 0.485. The Labute approximate surface area is 74.8 Å². The number of hydrogen-bond donors (Lipinski definition) is 2. The van der Waals surface area contributed by atoms with Crippen molar-refractivity contribution < 1.29 is 16.5 Å². The normalized spacial score (nSPS) is 10.0. The van der Waals surface area contributed by atoms with Crippen LogP contribution in [0.4, 0.5) is 0 Å². The van der Waals surface area contributed by atoms with Crippen molar-refractivity contribution in [2.24, 2.45) is 16.5 Å². The first-order valence-electron chi connectivity index (χ1n) is 1.74. The molecule has 0 aromatic rings. The molecule has 0 atom stereocenters. The molecular formula is C2H5Cl2N5Pt. The summed E-state index contributed by atoms with van der Waals surface area (Å²) in [5.41, 5.74) is 15.6. The molecule has 0 aromatic carbocycles. The molecule has 10 heavy (non-hydrogen) atoms. The summed E-state index contributed by atoms with van der Waals surface area (Å²) in [6.45, 7) is 0. The zero-order valence-electron chi connectivity index (χ0n) is 4.62. The molecular weight excluding hydrogens is 360 g/mol. The molecule has 0 aliphatic rings. The molecule has 8 heteroatoms. The van der Waals surface area contributed by atoms with E-state index >= 15 is 0 Å². The van der Waals surface area contributed by atoms with E-state index in [1.54, 1.807) is 0 Å². The van der Waals surface area contributed by atoms with Gasteiger partial charge < -0.3 is 27.6 Å². The summed E-state index contributed by atoms with van der Waals surface area (Å²) in [6.07, 6.45) is 0. The number of rotatable bonds is 0. The molecule has 0 saturated heterocycles. The summed E-state index contributed by atoms with van der Waals surface area (Å²) in [5, 5.41) is 8.03. The van der Waals surface area contributed by atoms with Gasteiger partial charge in [-0.1, -0.05) is 0 Å². The largest absolute Gasteiger partial charge is 0.454 e. The maximum atomic E-state index is 8.03. The first-order valence-corrected chi connectivity index (χ1v) is 7.37. The fourth-order valence-corrected chi connectivity index (χ4v) is 0.123. The minimum absolute atomic E-state index is 0.472. The Kier molecular flexibility index (Phi) is 11.4. The first kappa shape index (κ1) is 12.7. The Morgan fingerprint density at radius 3 is 1.80 bits per heavy atom. The molecule has 0 rings (SSSR count). The van der Waals surface area contributed by atoms with Gasteiger partial charge in [0.05, 0.1) is 0 Å². The fraction of sp³-hybridized carbons (Fsp3) is 0. The van der Waals surface area contributed by atoms with Crippen LogP contribution in [0, 0.1) is 0 Å².